The van der Waals surface area contributed by atoms with E-state index in [1.807, 2.05) is 24.3 Å². The molecule has 0 radical (unpaired) electrons. The van der Waals surface area contributed by atoms with Gasteiger partial charge in [0.2, 0.25) is 5.91 Å². The Bertz CT molecular complexity index is 493. The van der Waals surface area contributed by atoms with Crippen molar-refractivity contribution in [2.45, 2.75) is 44.1 Å². The summed E-state index contributed by atoms with van der Waals surface area (Å²) in [5.41, 5.74) is 0.535. The Labute approximate surface area is 120 Å². The molecule has 0 atom stereocenters. The number of hydrogen-bond donors (Lipinski definition) is 1. The monoisotopic (exact) mass is 271 g/mol. The van der Waals surface area contributed by atoms with Crippen LogP contribution in [0.2, 0.25) is 0 Å². The lowest BCUT2D eigenvalue weighted by Gasteiger charge is -2.33. The van der Waals surface area contributed by atoms with Gasteiger partial charge in [-0.15, -0.1) is 6.42 Å². The van der Waals surface area contributed by atoms with Crippen molar-refractivity contribution >= 4 is 5.91 Å². The van der Waals surface area contributed by atoms with Gasteiger partial charge in [-0.05, 0) is 30.5 Å². The summed E-state index contributed by atoms with van der Waals surface area (Å²) in [5, 5.41) is 3.05. The predicted molar refractivity (Wildman–Crippen MR) is 79.5 cm³/mol. The van der Waals surface area contributed by atoms with E-state index in [-0.39, 0.29) is 5.91 Å². The molecule has 0 aliphatic heterocycles. The zero-order valence-corrected chi connectivity index (χ0v) is 11.9. The molecule has 1 amide bonds. The molecule has 1 saturated carbocycles. The lowest BCUT2D eigenvalue weighted by molar-refractivity contribution is -0.122. The summed E-state index contributed by atoms with van der Waals surface area (Å²) in [4.78, 5) is 12.2. The summed E-state index contributed by atoms with van der Waals surface area (Å²) in [5.74, 6) is 3.59. The normalized spacial score (nSPS) is 17.0. The Hall–Kier alpha value is -1.95. The predicted octanol–water partition coefficient (Wildman–Crippen LogP) is 2.69. The first kappa shape index (κ1) is 14.5. The Morgan fingerprint density at radius 1 is 1.30 bits per heavy atom. The molecule has 0 saturated heterocycles. The van der Waals surface area contributed by atoms with Crippen molar-refractivity contribution in [2.24, 2.45) is 0 Å². The molecule has 1 aromatic rings. The number of terminal acetylenes is 1. The number of nitrogens with one attached hydrogen (secondary N) is 1. The third-order valence-electron chi connectivity index (χ3n) is 3.89. The van der Waals surface area contributed by atoms with Crippen LogP contribution in [0.1, 0.15) is 37.7 Å². The zero-order valence-electron chi connectivity index (χ0n) is 11.9. The number of hydrogen-bond acceptors (Lipinski definition) is 2. The largest absolute Gasteiger partial charge is 0.497 e. The fourth-order valence-electron chi connectivity index (χ4n) is 2.70. The van der Waals surface area contributed by atoms with Gasteiger partial charge in [-0.1, -0.05) is 37.3 Å². The number of ether oxygens (including phenoxy) is 1. The van der Waals surface area contributed by atoms with Gasteiger partial charge in [0.15, 0.2) is 0 Å². The van der Waals surface area contributed by atoms with Crippen LogP contribution in [-0.4, -0.2) is 18.6 Å². The first-order chi connectivity index (χ1) is 9.67. The van der Waals surface area contributed by atoms with Gasteiger partial charge in [0.05, 0.1) is 13.5 Å². The number of benzene rings is 1. The van der Waals surface area contributed by atoms with Gasteiger partial charge >= 0.3 is 0 Å². The van der Waals surface area contributed by atoms with Crippen LogP contribution in [0.3, 0.4) is 0 Å². The maximum atomic E-state index is 12.2. The van der Waals surface area contributed by atoms with Gasteiger partial charge in [-0.25, -0.2) is 0 Å². The fraction of sp³-hybridized carbons (Fsp3) is 0.471. The average Bonchev–Trinajstić information content (AvgIpc) is 2.49. The number of methoxy groups -OCH3 is 1. The smallest absolute Gasteiger partial charge is 0.225 e. The molecule has 0 spiro atoms. The lowest BCUT2D eigenvalue weighted by atomic mass is 9.82. The van der Waals surface area contributed by atoms with Gasteiger partial charge in [0.1, 0.15) is 11.3 Å². The van der Waals surface area contributed by atoms with E-state index in [0.717, 1.165) is 37.0 Å². The second-order valence-electron chi connectivity index (χ2n) is 5.36. The third kappa shape index (κ3) is 3.54. The first-order valence-electron chi connectivity index (χ1n) is 7.09. The van der Waals surface area contributed by atoms with E-state index < -0.39 is 5.54 Å². The molecule has 0 heterocycles. The Morgan fingerprint density at radius 3 is 2.50 bits per heavy atom. The number of rotatable bonds is 4. The van der Waals surface area contributed by atoms with Crippen molar-refractivity contribution in [3.63, 3.8) is 0 Å². The van der Waals surface area contributed by atoms with Crippen LogP contribution in [0.5, 0.6) is 5.75 Å². The summed E-state index contributed by atoms with van der Waals surface area (Å²) in [7, 11) is 1.63. The zero-order chi connectivity index (χ0) is 14.4. The van der Waals surface area contributed by atoms with Crippen molar-refractivity contribution in [3.8, 4) is 18.1 Å². The summed E-state index contributed by atoms with van der Waals surface area (Å²) < 4.78 is 5.10. The first-order valence-corrected chi connectivity index (χ1v) is 7.09. The van der Waals surface area contributed by atoms with Crippen LogP contribution in [0.4, 0.5) is 0 Å². The quantitative estimate of drug-likeness (QED) is 0.855. The van der Waals surface area contributed by atoms with E-state index in [2.05, 4.69) is 11.2 Å². The Kier molecular flexibility index (Phi) is 4.68. The highest BCUT2D eigenvalue weighted by Gasteiger charge is 2.31. The Morgan fingerprint density at radius 2 is 1.95 bits per heavy atom. The molecule has 20 heavy (non-hydrogen) atoms. The second-order valence-corrected chi connectivity index (χ2v) is 5.36. The molecular formula is C17H21NO2. The standard InChI is InChI=1S/C17H21NO2/c1-3-17(11-5-4-6-12-17)18-16(19)13-14-7-9-15(20-2)10-8-14/h1,7-10H,4-6,11-13H2,2H3,(H,18,19). The van der Waals surface area contributed by atoms with E-state index in [0.29, 0.717) is 6.42 Å². The Balaban J connectivity index is 1.95. The number of amides is 1. The lowest BCUT2D eigenvalue weighted by Crippen LogP contribution is -2.49. The highest BCUT2D eigenvalue weighted by atomic mass is 16.5. The molecule has 1 fully saturated rings. The summed E-state index contributed by atoms with van der Waals surface area (Å²) in [6.45, 7) is 0. The van der Waals surface area contributed by atoms with Gasteiger partial charge < -0.3 is 10.1 Å². The van der Waals surface area contributed by atoms with Crippen LogP contribution in [0, 0.1) is 12.3 Å². The highest BCUT2D eigenvalue weighted by Crippen LogP contribution is 2.27. The maximum Gasteiger partial charge on any atom is 0.225 e. The van der Waals surface area contributed by atoms with Gasteiger partial charge in [0, 0.05) is 0 Å². The highest BCUT2D eigenvalue weighted by molar-refractivity contribution is 5.80. The molecule has 1 N–H and O–H groups in total. The van der Waals surface area contributed by atoms with Crippen LogP contribution < -0.4 is 10.1 Å². The number of carbonyl (C=O) groups excluding carboxylic acids is 1. The van der Waals surface area contributed by atoms with Crippen molar-refractivity contribution < 1.29 is 9.53 Å². The van der Waals surface area contributed by atoms with Crippen molar-refractivity contribution in [3.05, 3.63) is 29.8 Å². The van der Waals surface area contributed by atoms with Crippen LogP contribution >= 0.6 is 0 Å². The van der Waals surface area contributed by atoms with Crippen LogP contribution in [-0.2, 0) is 11.2 Å². The van der Waals surface area contributed by atoms with Crippen molar-refractivity contribution in [2.75, 3.05) is 7.11 Å². The third-order valence-corrected chi connectivity index (χ3v) is 3.89. The molecule has 2 rings (SSSR count). The minimum absolute atomic E-state index is 0.00461. The van der Waals surface area contributed by atoms with Gasteiger partial charge in [-0.3, -0.25) is 4.79 Å². The van der Waals surface area contributed by atoms with Crippen molar-refractivity contribution in [1.29, 1.82) is 0 Å². The van der Waals surface area contributed by atoms with E-state index in [1.54, 1.807) is 7.11 Å². The van der Waals surface area contributed by atoms with Gasteiger partial charge in [0.25, 0.3) is 0 Å². The second kappa shape index (κ2) is 6.47. The summed E-state index contributed by atoms with van der Waals surface area (Å²) in [6.07, 6.45) is 11.2. The summed E-state index contributed by atoms with van der Waals surface area (Å²) >= 11 is 0. The molecule has 1 aromatic carbocycles. The van der Waals surface area contributed by atoms with Gasteiger partial charge in [-0.2, -0.15) is 0 Å². The summed E-state index contributed by atoms with van der Waals surface area (Å²) in [6, 6.07) is 7.53. The van der Waals surface area contributed by atoms with E-state index in [4.69, 9.17) is 11.2 Å². The van der Waals surface area contributed by atoms with Crippen molar-refractivity contribution in [1.82, 2.24) is 5.32 Å². The maximum absolute atomic E-state index is 12.2. The average molecular weight is 271 g/mol. The molecule has 1 aliphatic rings. The number of carbonyl (C=O) groups is 1. The van der Waals surface area contributed by atoms with E-state index in [1.165, 1.54) is 6.42 Å². The SMILES string of the molecule is C#CC1(NC(=O)Cc2ccc(OC)cc2)CCCCC1. The minimum atomic E-state index is -0.429. The fourth-order valence-corrected chi connectivity index (χ4v) is 2.70. The molecule has 0 unspecified atom stereocenters. The molecular weight excluding hydrogens is 250 g/mol. The molecule has 3 heteroatoms. The molecule has 0 aromatic heterocycles. The molecule has 106 valence electrons. The van der Waals surface area contributed by atoms with Crippen LogP contribution in [0.25, 0.3) is 0 Å². The topological polar surface area (TPSA) is 38.3 Å². The van der Waals surface area contributed by atoms with E-state index in [9.17, 15) is 4.79 Å². The van der Waals surface area contributed by atoms with Crippen LogP contribution in [0.15, 0.2) is 24.3 Å². The molecule has 0 bridgehead atoms. The molecule has 3 nitrogen and oxygen atoms in total. The minimum Gasteiger partial charge on any atom is -0.497 e. The van der Waals surface area contributed by atoms with E-state index >= 15 is 0 Å². The molecule has 1 aliphatic carbocycles.